The highest BCUT2D eigenvalue weighted by Gasteiger charge is 2.20. The van der Waals surface area contributed by atoms with Crippen molar-refractivity contribution < 1.29 is 28.6 Å². The molecule has 0 aliphatic rings. The lowest BCUT2D eigenvalue weighted by molar-refractivity contribution is -0.154. The van der Waals surface area contributed by atoms with Crippen LogP contribution >= 0.6 is 0 Å². The Bertz CT molecular complexity index is 707. The summed E-state index contributed by atoms with van der Waals surface area (Å²) in [6, 6.07) is 1.12. The van der Waals surface area contributed by atoms with E-state index >= 15 is 0 Å². The Balaban J connectivity index is 3.01. The van der Waals surface area contributed by atoms with Gasteiger partial charge in [-0.1, -0.05) is 27.7 Å². The first-order valence-corrected chi connectivity index (χ1v) is 7.64. The topological polar surface area (TPSA) is 127 Å². The molecule has 0 bridgehead atoms. The highest BCUT2D eigenvalue weighted by Crippen LogP contribution is 2.14. The summed E-state index contributed by atoms with van der Waals surface area (Å²) in [4.78, 5) is 46.6. The van der Waals surface area contributed by atoms with Gasteiger partial charge in [0.05, 0.1) is 11.8 Å². The average molecular weight is 354 g/mol. The number of nitrogens with two attached hydrogens (primary N) is 1. The molecule has 25 heavy (non-hydrogen) atoms. The van der Waals surface area contributed by atoms with E-state index in [0.29, 0.717) is 0 Å². The van der Waals surface area contributed by atoms with Crippen LogP contribution in [0.5, 0.6) is 5.75 Å². The summed E-state index contributed by atoms with van der Waals surface area (Å²) >= 11 is 0. The van der Waals surface area contributed by atoms with E-state index < -0.39 is 30.1 Å². The molecule has 138 valence electrons. The van der Waals surface area contributed by atoms with Gasteiger partial charge in [0.15, 0.2) is 18.2 Å². The lowest BCUT2D eigenvalue weighted by Gasteiger charge is -2.16. The van der Waals surface area contributed by atoms with Crippen molar-refractivity contribution in [1.29, 1.82) is 0 Å². The average Bonchev–Trinajstić information content (AvgIpc) is 2.53. The molecule has 0 spiro atoms. The third kappa shape index (κ3) is 5.63. The summed E-state index contributed by atoms with van der Waals surface area (Å²) in [5.41, 5.74) is 4.39. The molecule has 1 aromatic heterocycles. The maximum Gasteiger partial charge on any atom is 0.311 e. The van der Waals surface area contributed by atoms with E-state index in [9.17, 15) is 19.2 Å². The van der Waals surface area contributed by atoms with Crippen molar-refractivity contribution in [2.24, 2.45) is 17.6 Å². The van der Waals surface area contributed by atoms with Gasteiger partial charge in [0, 0.05) is 12.3 Å². The van der Waals surface area contributed by atoms with E-state index in [1.54, 1.807) is 27.7 Å². The van der Waals surface area contributed by atoms with Gasteiger partial charge in [-0.2, -0.15) is 0 Å². The van der Waals surface area contributed by atoms with Gasteiger partial charge in [-0.3, -0.25) is 19.2 Å². The minimum atomic E-state index is -0.955. The Labute approximate surface area is 144 Å². The minimum Gasteiger partial charge on any atom is -0.451 e. The van der Waals surface area contributed by atoms with Crippen LogP contribution in [0.2, 0.25) is 0 Å². The molecule has 1 amide bonds. The molecule has 0 unspecified atom stereocenters. The molecule has 1 heterocycles. The summed E-state index contributed by atoms with van der Waals surface area (Å²) in [5.74, 6) is -3.08. The first-order valence-electron chi connectivity index (χ1n) is 7.64. The molecule has 0 aliphatic carbocycles. The Morgan fingerprint density at radius 1 is 1.08 bits per heavy atom. The van der Waals surface area contributed by atoms with Gasteiger partial charge in [-0.25, -0.2) is 0 Å². The minimum absolute atomic E-state index is 0.287. The van der Waals surface area contributed by atoms with Gasteiger partial charge in [0.2, 0.25) is 12.2 Å². The summed E-state index contributed by atoms with van der Waals surface area (Å²) in [5, 5.41) is 0. The van der Waals surface area contributed by atoms with E-state index in [-0.39, 0.29) is 30.0 Å². The van der Waals surface area contributed by atoms with E-state index in [2.05, 4.69) is 0 Å². The van der Waals surface area contributed by atoms with Gasteiger partial charge in [0.1, 0.15) is 0 Å². The molecular weight excluding hydrogens is 332 g/mol. The molecule has 1 aromatic rings. The zero-order valence-electron chi connectivity index (χ0n) is 14.6. The second kappa shape index (κ2) is 8.86. The molecule has 9 heteroatoms. The smallest absolute Gasteiger partial charge is 0.311 e. The molecule has 0 saturated heterocycles. The van der Waals surface area contributed by atoms with E-state index in [1.807, 2.05) is 0 Å². The lowest BCUT2D eigenvalue weighted by atomic mass is 10.2. The Kier molecular flexibility index (Phi) is 7.16. The van der Waals surface area contributed by atoms with Crippen LogP contribution < -0.4 is 15.9 Å². The van der Waals surface area contributed by atoms with Crippen LogP contribution in [0.4, 0.5) is 0 Å². The highest BCUT2D eigenvalue weighted by molar-refractivity contribution is 5.93. The Hall–Kier alpha value is -2.84. The molecule has 0 fully saturated rings. The predicted octanol–water partition coefficient (Wildman–Crippen LogP) is 0.639. The normalized spacial score (nSPS) is 10.6. The van der Waals surface area contributed by atoms with Gasteiger partial charge in [-0.15, -0.1) is 0 Å². The summed E-state index contributed by atoms with van der Waals surface area (Å²) in [6.07, 6.45) is 1.25. The molecule has 9 nitrogen and oxygen atoms in total. The Morgan fingerprint density at radius 2 is 1.64 bits per heavy atom. The zero-order valence-corrected chi connectivity index (χ0v) is 14.6. The fraction of sp³-hybridized carbons (Fsp3) is 0.500. The number of aromatic nitrogens is 1. The number of nitrogens with zero attached hydrogens (tertiary/aromatic N) is 1. The molecule has 0 saturated carbocycles. The maximum atomic E-state index is 12.0. The van der Waals surface area contributed by atoms with E-state index in [1.165, 1.54) is 10.8 Å². The van der Waals surface area contributed by atoms with Crippen molar-refractivity contribution in [2.45, 2.75) is 34.4 Å². The summed E-state index contributed by atoms with van der Waals surface area (Å²) in [7, 11) is 0. The third-order valence-corrected chi connectivity index (χ3v) is 3.06. The van der Waals surface area contributed by atoms with Crippen LogP contribution in [0.1, 0.15) is 38.2 Å². The van der Waals surface area contributed by atoms with Crippen LogP contribution in [0, 0.1) is 11.8 Å². The highest BCUT2D eigenvalue weighted by atomic mass is 16.7. The number of carbonyl (C=O) groups is 3. The van der Waals surface area contributed by atoms with Gasteiger partial charge in [0.25, 0.3) is 5.91 Å². The van der Waals surface area contributed by atoms with Crippen molar-refractivity contribution in [3.05, 3.63) is 28.2 Å². The number of pyridine rings is 1. The number of ether oxygens (including phenoxy) is 3. The van der Waals surface area contributed by atoms with Crippen LogP contribution in [0.25, 0.3) is 0 Å². The molecule has 0 aliphatic heterocycles. The molecule has 1 rings (SSSR count). The maximum absolute atomic E-state index is 12.0. The molecule has 0 aromatic carbocycles. The van der Waals surface area contributed by atoms with Crippen molar-refractivity contribution in [2.75, 3.05) is 6.79 Å². The van der Waals surface area contributed by atoms with E-state index in [0.717, 1.165) is 6.07 Å². The van der Waals surface area contributed by atoms with Crippen LogP contribution in [-0.2, 0) is 25.8 Å². The zero-order chi connectivity index (χ0) is 19.1. The Morgan fingerprint density at radius 3 is 2.16 bits per heavy atom. The fourth-order valence-electron chi connectivity index (χ4n) is 1.67. The van der Waals surface area contributed by atoms with Crippen LogP contribution in [-0.4, -0.2) is 29.2 Å². The standard InChI is InChI=1S/C16H22N2O7/c1-9(2)15(21)23-7-18-6-5-11(19)13(12(18)14(17)20)24-8-25-16(22)10(3)4/h5-6,9-10H,7-8H2,1-4H3,(H2,17,20). The van der Waals surface area contributed by atoms with Crippen molar-refractivity contribution in [3.8, 4) is 5.75 Å². The van der Waals surface area contributed by atoms with Crippen molar-refractivity contribution in [3.63, 3.8) is 0 Å². The SMILES string of the molecule is CC(C)C(=O)OCOc1c(C(N)=O)n(COC(=O)C(C)C)ccc1=O. The van der Waals surface area contributed by atoms with Crippen molar-refractivity contribution >= 4 is 17.8 Å². The van der Waals surface area contributed by atoms with Gasteiger partial charge < -0.3 is 24.5 Å². The molecule has 0 atom stereocenters. The van der Waals surface area contributed by atoms with Crippen LogP contribution in [0.15, 0.2) is 17.1 Å². The molecular formula is C16H22N2O7. The molecule has 0 radical (unpaired) electrons. The monoisotopic (exact) mass is 354 g/mol. The number of amides is 1. The number of rotatable bonds is 8. The number of hydrogen-bond acceptors (Lipinski definition) is 7. The van der Waals surface area contributed by atoms with Crippen molar-refractivity contribution in [1.82, 2.24) is 4.57 Å². The summed E-state index contributed by atoms with van der Waals surface area (Å²) < 4.78 is 16.1. The predicted molar refractivity (Wildman–Crippen MR) is 86.6 cm³/mol. The largest absolute Gasteiger partial charge is 0.451 e. The number of carbonyl (C=O) groups excluding carboxylic acids is 3. The van der Waals surface area contributed by atoms with Crippen LogP contribution in [0.3, 0.4) is 0 Å². The van der Waals surface area contributed by atoms with E-state index in [4.69, 9.17) is 19.9 Å². The second-order valence-corrected chi connectivity index (χ2v) is 5.82. The number of esters is 2. The second-order valence-electron chi connectivity index (χ2n) is 5.82. The number of hydrogen-bond donors (Lipinski definition) is 1. The van der Waals surface area contributed by atoms with Gasteiger partial charge >= 0.3 is 11.9 Å². The lowest BCUT2D eigenvalue weighted by Crippen LogP contribution is -2.27. The summed E-state index contributed by atoms with van der Waals surface area (Å²) in [6.45, 7) is 5.70. The quantitative estimate of drug-likeness (QED) is 0.536. The number of primary amides is 1. The third-order valence-electron chi connectivity index (χ3n) is 3.06. The van der Waals surface area contributed by atoms with Gasteiger partial charge in [-0.05, 0) is 0 Å². The first kappa shape index (κ1) is 20.2. The molecule has 2 N–H and O–H groups in total. The fourth-order valence-corrected chi connectivity index (χ4v) is 1.67. The first-order chi connectivity index (χ1) is 11.6.